The van der Waals surface area contributed by atoms with Gasteiger partial charge in [0.25, 0.3) is 0 Å². The van der Waals surface area contributed by atoms with Crippen molar-refractivity contribution in [1.82, 2.24) is 0 Å². The van der Waals surface area contributed by atoms with Crippen LogP contribution in [0.2, 0.25) is 0 Å². The van der Waals surface area contributed by atoms with E-state index in [0.717, 1.165) is 55.4 Å². The van der Waals surface area contributed by atoms with Gasteiger partial charge < -0.3 is 4.57 Å². The first-order valence-corrected chi connectivity index (χ1v) is 14.2. The SMILES string of the molecule is Cc1ccc(-c2cc3ccccc3c([PH](=O)c3ccc4ccccc4c3C=O)c2-c2ccc(C)cc2)cc1. The molecule has 184 valence electrons. The fourth-order valence-electron chi connectivity index (χ4n) is 5.32. The lowest BCUT2D eigenvalue weighted by atomic mass is 9.90. The number of hydrogen-bond donors (Lipinski definition) is 0. The standard InChI is InChI=1S/C35H27O2P/c1-23-11-15-26(16-12-23)31-21-28-8-4-6-10-30(28)35(34(31)27-17-13-24(2)14-18-27)38(37)33-20-19-25-7-3-5-9-29(25)32(33)22-36/h3-22,38H,1-2H3. The minimum Gasteiger partial charge on any atom is -0.317 e. The van der Waals surface area contributed by atoms with Gasteiger partial charge in [-0.2, -0.15) is 0 Å². The highest BCUT2D eigenvalue weighted by Crippen LogP contribution is 2.41. The molecular weight excluding hydrogens is 483 g/mol. The lowest BCUT2D eigenvalue weighted by molar-refractivity contribution is 0.112. The zero-order chi connectivity index (χ0) is 26.2. The highest BCUT2D eigenvalue weighted by molar-refractivity contribution is 7.62. The van der Waals surface area contributed by atoms with Crippen LogP contribution in [0.4, 0.5) is 0 Å². The van der Waals surface area contributed by atoms with Crippen LogP contribution in [0.15, 0.2) is 115 Å². The highest BCUT2D eigenvalue weighted by Gasteiger charge is 2.24. The summed E-state index contributed by atoms with van der Waals surface area (Å²) in [4.78, 5) is 12.4. The van der Waals surface area contributed by atoms with Crippen molar-refractivity contribution >= 4 is 46.2 Å². The van der Waals surface area contributed by atoms with Crippen LogP contribution in [0.3, 0.4) is 0 Å². The first kappa shape index (κ1) is 24.1. The van der Waals surface area contributed by atoms with Crippen molar-refractivity contribution in [2.75, 3.05) is 0 Å². The molecule has 6 rings (SSSR count). The Morgan fingerprint density at radius 1 is 0.605 bits per heavy atom. The van der Waals surface area contributed by atoms with E-state index >= 15 is 0 Å². The molecule has 38 heavy (non-hydrogen) atoms. The van der Waals surface area contributed by atoms with Crippen LogP contribution in [-0.4, -0.2) is 6.29 Å². The number of carbonyl (C=O) groups excluding carboxylic acids is 1. The molecule has 0 radical (unpaired) electrons. The largest absolute Gasteiger partial charge is 0.317 e. The average molecular weight is 511 g/mol. The average Bonchev–Trinajstić information content (AvgIpc) is 2.96. The molecular formula is C35H27O2P. The second-order valence-corrected chi connectivity index (χ2v) is 11.5. The van der Waals surface area contributed by atoms with E-state index < -0.39 is 7.80 Å². The molecule has 1 atom stereocenters. The van der Waals surface area contributed by atoms with Crippen molar-refractivity contribution in [3.8, 4) is 22.3 Å². The molecule has 3 heteroatoms. The van der Waals surface area contributed by atoms with Gasteiger partial charge in [-0.3, -0.25) is 4.79 Å². The molecule has 0 aliphatic carbocycles. The number of fused-ring (bicyclic) bond motifs is 2. The van der Waals surface area contributed by atoms with Crippen LogP contribution in [0, 0.1) is 13.8 Å². The van der Waals surface area contributed by atoms with E-state index in [0.29, 0.717) is 10.9 Å². The third-order valence-electron chi connectivity index (χ3n) is 7.31. The molecule has 0 aromatic heterocycles. The molecule has 0 N–H and O–H groups in total. The van der Waals surface area contributed by atoms with Crippen molar-refractivity contribution in [2.24, 2.45) is 0 Å². The van der Waals surface area contributed by atoms with Crippen LogP contribution in [0.1, 0.15) is 21.5 Å². The summed E-state index contributed by atoms with van der Waals surface area (Å²) in [6.07, 6.45) is 0.859. The molecule has 6 aromatic carbocycles. The number of hydrogen-bond acceptors (Lipinski definition) is 2. The fourth-order valence-corrected chi connectivity index (χ4v) is 7.24. The van der Waals surface area contributed by atoms with Gasteiger partial charge in [0.2, 0.25) is 0 Å². The quantitative estimate of drug-likeness (QED) is 0.173. The fraction of sp³-hybridized carbons (Fsp3) is 0.0571. The van der Waals surface area contributed by atoms with Crippen molar-refractivity contribution in [3.63, 3.8) is 0 Å². The monoisotopic (exact) mass is 510 g/mol. The lowest BCUT2D eigenvalue weighted by Crippen LogP contribution is -2.16. The Balaban J connectivity index is 1.73. The van der Waals surface area contributed by atoms with Gasteiger partial charge in [0.1, 0.15) is 7.80 Å². The third kappa shape index (κ3) is 4.18. The van der Waals surface area contributed by atoms with Crippen molar-refractivity contribution < 1.29 is 9.36 Å². The minimum atomic E-state index is -2.61. The van der Waals surface area contributed by atoms with Crippen LogP contribution < -0.4 is 10.6 Å². The van der Waals surface area contributed by atoms with E-state index in [1.807, 2.05) is 54.6 Å². The van der Waals surface area contributed by atoms with Crippen LogP contribution >= 0.6 is 7.80 Å². The summed E-state index contributed by atoms with van der Waals surface area (Å²) in [5.74, 6) is 0. The van der Waals surface area contributed by atoms with E-state index in [1.54, 1.807) is 0 Å². The van der Waals surface area contributed by atoms with Gasteiger partial charge in [-0.1, -0.05) is 120 Å². The summed E-state index contributed by atoms with van der Waals surface area (Å²) in [6, 6.07) is 38.8. The Hall–Kier alpha value is -4.26. The maximum Gasteiger partial charge on any atom is 0.151 e. The van der Waals surface area contributed by atoms with Gasteiger partial charge in [-0.25, -0.2) is 0 Å². The maximum absolute atomic E-state index is 14.8. The zero-order valence-corrected chi connectivity index (χ0v) is 22.4. The summed E-state index contributed by atoms with van der Waals surface area (Å²) >= 11 is 0. The molecule has 0 saturated heterocycles. The van der Waals surface area contributed by atoms with Crippen LogP contribution in [-0.2, 0) is 4.57 Å². The molecule has 0 aliphatic heterocycles. The molecule has 0 spiro atoms. The Morgan fingerprint density at radius 3 is 1.84 bits per heavy atom. The second-order valence-electron chi connectivity index (χ2n) is 9.82. The van der Waals surface area contributed by atoms with E-state index in [1.165, 1.54) is 11.1 Å². The topological polar surface area (TPSA) is 34.1 Å². The van der Waals surface area contributed by atoms with E-state index in [2.05, 4.69) is 74.5 Å². The summed E-state index contributed by atoms with van der Waals surface area (Å²) in [5.41, 5.74) is 6.94. The number of carbonyl (C=O) groups is 1. The first-order chi connectivity index (χ1) is 18.5. The van der Waals surface area contributed by atoms with Gasteiger partial charge in [0.15, 0.2) is 6.29 Å². The molecule has 6 aromatic rings. The second kappa shape index (κ2) is 9.89. The summed E-state index contributed by atoms with van der Waals surface area (Å²) in [5, 5.41) is 5.17. The maximum atomic E-state index is 14.8. The molecule has 2 nitrogen and oxygen atoms in total. The minimum absolute atomic E-state index is 0.506. The molecule has 0 saturated carbocycles. The zero-order valence-electron chi connectivity index (χ0n) is 21.4. The number of benzene rings is 6. The molecule has 1 unspecified atom stereocenters. The van der Waals surface area contributed by atoms with Crippen LogP contribution in [0.25, 0.3) is 43.8 Å². The van der Waals surface area contributed by atoms with E-state index in [-0.39, 0.29) is 0 Å². The van der Waals surface area contributed by atoms with E-state index in [9.17, 15) is 9.36 Å². The smallest absolute Gasteiger partial charge is 0.151 e. The Morgan fingerprint density at radius 2 is 1.18 bits per heavy atom. The van der Waals surface area contributed by atoms with Crippen LogP contribution in [0.5, 0.6) is 0 Å². The van der Waals surface area contributed by atoms with Crippen molar-refractivity contribution in [3.05, 3.63) is 132 Å². The predicted octanol–water partition coefficient (Wildman–Crippen LogP) is 8.27. The number of aryl methyl sites for hydroxylation is 2. The molecule has 0 heterocycles. The molecule has 0 amide bonds. The summed E-state index contributed by atoms with van der Waals surface area (Å²) in [7, 11) is -2.61. The third-order valence-corrected chi connectivity index (χ3v) is 9.21. The summed E-state index contributed by atoms with van der Waals surface area (Å²) < 4.78 is 14.8. The number of aldehydes is 1. The van der Waals surface area contributed by atoms with Gasteiger partial charge in [-0.15, -0.1) is 0 Å². The number of rotatable bonds is 5. The molecule has 0 fully saturated rings. The highest BCUT2D eigenvalue weighted by atomic mass is 31.1. The molecule has 0 bridgehead atoms. The Kier molecular flexibility index (Phi) is 6.27. The van der Waals surface area contributed by atoms with Gasteiger partial charge >= 0.3 is 0 Å². The van der Waals surface area contributed by atoms with Gasteiger partial charge in [-0.05, 0) is 58.1 Å². The van der Waals surface area contributed by atoms with Crippen molar-refractivity contribution in [1.29, 1.82) is 0 Å². The van der Waals surface area contributed by atoms with Gasteiger partial charge in [0, 0.05) is 21.7 Å². The molecule has 0 aliphatic rings. The Bertz CT molecular complexity index is 1850. The lowest BCUT2D eigenvalue weighted by Gasteiger charge is -2.20. The Labute approximate surface area is 223 Å². The van der Waals surface area contributed by atoms with E-state index in [4.69, 9.17) is 0 Å². The summed E-state index contributed by atoms with van der Waals surface area (Å²) in [6.45, 7) is 4.15. The first-order valence-electron chi connectivity index (χ1n) is 12.8. The normalized spacial score (nSPS) is 12.1. The predicted molar refractivity (Wildman–Crippen MR) is 162 cm³/mol. The van der Waals surface area contributed by atoms with Gasteiger partial charge in [0.05, 0.1) is 0 Å². The van der Waals surface area contributed by atoms with Crippen molar-refractivity contribution in [2.45, 2.75) is 13.8 Å².